The van der Waals surface area contributed by atoms with E-state index < -0.39 is 25.8 Å². The van der Waals surface area contributed by atoms with Crippen molar-refractivity contribution in [2.24, 2.45) is 0 Å². The van der Waals surface area contributed by atoms with E-state index in [0.717, 1.165) is 31.2 Å². The number of ether oxygens (including phenoxy) is 4. The van der Waals surface area contributed by atoms with Gasteiger partial charge in [0.1, 0.15) is 11.2 Å². The molecule has 3 saturated heterocycles. The van der Waals surface area contributed by atoms with Crippen LogP contribution in [-0.2, 0) is 23.4 Å². The second-order valence-electron chi connectivity index (χ2n) is 12.8. The Morgan fingerprint density at radius 2 is 1.59 bits per heavy atom. The number of benzene rings is 1. The number of fused-ring (bicyclic) bond motifs is 2. The van der Waals surface area contributed by atoms with E-state index in [4.69, 9.17) is 23.4 Å². The molecule has 6 nitrogen and oxygen atoms in total. The zero-order chi connectivity index (χ0) is 27.0. The van der Waals surface area contributed by atoms with Gasteiger partial charge in [0, 0.05) is 25.0 Å². The molecule has 0 aliphatic carbocycles. The molecule has 0 radical (unpaired) electrons. The molecule has 1 aromatic rings. The van der Waals surface area contributed by atoms with Gasteiger partial charge in [-0.2, -0.15) is 0 Å². The summed E-state index contributed by atoms with van der Waals surface area (Å²) in [5, 5.41) is 9.54. The molecule has 0 bridgehead atoms. The highest BCUT2D eigenvalue weighted by molar-refractivity contribution is 6.77. The first kappa shape index (κ1) is 29.2. The molecular weight excluding hydrogens is 484 g/mol. The quantitative estimate of drug-likeness (QED) is 0.363. The Morgan fingerprint density at radius 3 is 2.19 bits per heavy atom. The Bertz CT molecular complexity index is 856. The summed E-state index contributed by atoms with van der Waals surface area (Å²) in [5.41, 5.74) is 1.27. The summed E-state index contributed by atoms with van der Waals surface area (Å²) in [7, 11) is -2.17. The first-order chi connectivity index (χ1) is 17.5. The Hall–Kier alpha value is -0.803. The molecule has 7 atom stereocenters. The largest absolute Gasteiger partial charge is 0.410 e. The van der Waals surface area contributed by atoms with Gasteiger partial charge in [-0.25, -0.2) is 0 Å². The second-order valence-corrected chi connectivity index (χ2v) is 18.2. The third-order valence-electron chi connectivity index (χ3n) is 9.29. The zero-order valence-corrected chi connectivity index (χ0v) is 25.2. The predicted octanol–water partition coefficient (Wildman–Crippen LogP) is 6.53. The molecule has 37 heavy (non-hydrogen) atoms. The molecule has 3 fully saturated rings. The molecule has 1 aromatic carbocycles. The van der Waals surface area contributed by atoms with E-state index in [1.807, 2.05) is 30.3 Å². The van der Waals surface area contributed by atoms with Crippen LogP contribution in [-0.4, -0.2) is 62.3 Å². The maximum atomic E-state index is 9.54. The fourth-order valence-corrected chi connectivity index (χ4v) is 13.0. The van der Waals surface area contributed by atoms with E-state index in [2.05, 4.69) is 55.4 Å². The molecule has 3 aliphatic rings. The highest BCUT2D eigenvalue weighted by Gasteiger charge is 2.62. The summed E-state index contributed by atoms with van der Waals surface area (Å²) in [6.07, 6.45) is 2.30. The molecule has 0 unspecified atom stereocenters. The van der Waals surface area contributed by atoms with Crippen LogP contribution in [0, 0.1) is 0 Å². The van der Waals surface area contributed by atoms with Crippen LogP contribution in [0.15, 0.2) is 30.3 Å². The van der Waals surface area contributed by atoms with Gasteiger partial charge in [0.05, 0.1) is 31.0 Å². The van der Waals surface area contributed by atoms with Crippen molar-refractivity contribution in [3.8, 4) is 0 Å². The first-order valence-electron chi connectivity index (χ1n) is 14.4. The van der Waals surface area contributed by atoms with E-state index >= 15 is 0 Å². The monoisotopic (exact) mass is 534 g/mol. The number of rotatable bonds is 9. The molecule has 1 N–H and O–H groups in total. The normalized spacial score (nSPS) is 36.6. The van der Waals surface area contributed by atoms with Crippen LogP contribution in [0.5, 0.6) is 0 Å². The van der Waals surface area contributed by atoms with Gasteiger partial charge < -0.3 is 28.5 Å². The van der Waals surface area contributed by atoms with Gasteiger partial charge in [-0.3, -0.25) is 0 Å². The average Bonchev–Trinajstić information content (AvgIpc) is 2.84. The first-order valence-corrected chi connectivity index (χ1v) is 16.6. The lowest BCUT2D eigenvalue weighted by Gasteiger charge is -2.61. The maximum Gasteiger partial charge on any atom is 0.200 e. The van der Waals surface area contributed by atoms with Crippen molar-refractivity contribution < 1.29 is 28.5 Å². The fourth-order valence-electron chi connectivity index (χ4n) is 7.40. The summed E-state index contributed by atoms with van der Waals surface area (Å²) in [6.45, 7) is 18.9. The lowest BCUT2D eigenvalue weighted by Crippen LogP contribution is -2.72. The fraction of sp³-hybridized carbons (Fsp3) is 0.800. The van der Waals surface area contributed by atoms with Crippen LogP contribution in [0.2, 0.25) is 16.6 Å². The number of aliphatic hydroxyl groups is 1. The summed E-state index contributed by atoms with van der Waals surface area (Å²) >= 11 is 0. The van der Waals surface area contributed by atoms with Gasteiger partial charge in [0.25, 0.3) is 0 Å². The van der Waals surface area contributed by atoms with E-state index in [9.17, 15) is 5.11 Å². The molecule has 7 heteroatoms. The molecule has 3 heterocycles. The van der Waals surface area contributed by atoms with Gasteiger partial charge in [-0.15, -0.1) is 0 Å². The second kappa shape index (κ2) is 11.4. The number of aliphatic hydroxyl groups excluding tert-OH is 1. The molecule has 0 spiro atoms. The van der Waals surface area contributed by atoms with Crippen LogP contribution in [0.3, 0.4) is 0 Å². The summed E-state index contributed by atoms with van der Waals surface area (Å²) in [6, 6.07) is 10.1. The van der Waals surface area contributed by atoms with Crippen molar-refractivity contribution in [2.75, 3.05) is 13.2 Å². The van der Waals surface area contributed by atoms with Crippen molar-refractivity contribution in [3.63, 3.8) is 0 Å². The van der Waals surface area contributed by atoms with E-state index in [-0.39, 0.29) is 31.0 Å². The topological polar surface area (TPSA) is 66.4 Å². The average molecular weight is 535 g/mol. The lowest BCUT2D eigenvalue weighted by atomic mass is 9.76. The standard InChI is InChI=1S/C30H50O6Si/c1-20(2)37(21(3)4,22(5)6)35-27-17-24(15-12-16-31)33-26-18-25-29(7,36-30(26,27)8)19-32-28(34-25)23-13-10-9-11-14-23/h9-11,13-14,20-22,24-28,31H,12,15-19H2,1-8H3/t24-,25-,26+,27-,28+,29+,30+/m0/s1. The van der Waals surface area contributed by atoms with Gasteiger partial charge in [-0.1, -0.05) is 71.9 Å². The molecular formula is C30H50O6Si. The van der Waals surface area contributed by atoms with Crippen molar-refractivity contribution in [3.05, 3.63) is 35.9 Å². The van der Waals surface area contributed by atoms with Crippen LogP contribution in [0.1, 0.15) is 92.9 Å². The Kier molecular flexibility index (Phi) is 8.96. The van der Waals surface area contributed by atoms with Crippen molar-refractivity contribution in [1.82, 2.24) is 0 Å². The number of hydrogen-bond donors (Lipinski definition) is 1. The van der Waals surface area contributed by atoms with Crippen molar-refractivity contribution in [2.45, 2.75) is 140 Å². The summed E-state index contributed by atoms with van der Waals surface area (Å²) in [4.78, 5) is 0. The Morgan fingerprint density at radius 1 is 0.946 bits per heavy atom. The molecule has 0 amide bonds. The molecule has 4 rings (SSSR count). The van der Waals surface area contributed by atoms with Crippen LogP contribution in [0.25, 0.3) is 0 Å². The Balaban J connectivity index is 1.64. The van der Waals surface area contributed by atoms with Gasteiger partial charge in [-0.05, 0) is 43.3 Å². The van der Waals surface area contributed by atoms with Crippen LogP contribution in [0.4, 0.5) is 0 Å². The van der Waals surface area contributed by atoms with Crippen LogP contribution < -0.4 is 0 Å². The van der Waals surface area contributed by atoms with Crippen molar-refractivity contribution in [1.29, 1.82) is 0 Å². The highest BCUT2D eigenvalue weighted by atomic mass is 28.4. The SMILES string of the molecule is CC(C)[Si](O[C@H]1C[C@H](CCCO)O[C@@H]2C[C@@H]3O[C@H](c4ccccc4)OC[C@@]3(C)O[C@@]12C)(C(C)C)C(C)C. The highest BCUT2D eigenvalue weighted by Crippen LogP contribution is 2.52. The lowest BCUT2D eigenvalue weighted by molar-refractivity contribution is -0.383. The minimum atomic E-state index is -2.17. The maximum absolute atomic E-state index is 9.54. The van der Waals surface area contributed by atoms with Crippen LogP contribution >= 0.6 is 0 Å². The summed E-state index contributed by atoms with van der Waals surface area (Å²) < 4.78 is 34.0. The Labute approximate surface area is 225 Å². The minimum absolute atomic E-state index is 0.0335. The number of hydrogen-bond acceptors (Lipinski definition) is 6. The zero-order valence-electron chi connectivity index (χ0n) is 24.2. The van der Waals surface area contributed by atoms with E-state index in [0.29, 0.717) is 23.2 Å². The molecule has 0 saturated carbocycles. The molecule has 210 valence electrons. The molecule has 3 aliphatic heterocycles. The minimum Gasteiger partial charge on any atom is -0.410 e. The van der Waals surface area contributed by atoms with Gasteiger partial charge >= 0.3 is 0 Å². The van der Waals surface area contributed by atoms with E-state index in [1.54, 1.807) is 0 Å². The third kappa shape index (κ3) is 5.47. The van der Waals surface area contributed by atoms with Crippen molar-refractivity contribution >= 4 is 8.32 Å². The smallest absolute Gasteiger partial charge is 0.200 e. The third-order valence-corrected chi connectivity index (χ3v) is 15.4. The summed E-state index contributed by atoms with van der Waals surface area (Å²) in [5.74, 6) is 0. The van der Waals surface area contributed by atoms with Gasteiger partial charge in [0.2, 0.25) is 8.32 Å². The van der Waals surface area contributed by atoms with Gasteiger partial charge in [0.15, 0.2) is 6.29 Å². The predicted molar refractivity (Wildman–Crippen MR) is 148 cm³/mol. The van der Waals surface area contributed by atoms with E-state index in [1.165, 1.54) is 0 Å². The molecule has 0 aromatic heterocycles.